The highest BCUT2D eigenvalue weighted by Crippen LogP contribution is 2.29. The van der Waals surface area contributed by atoms with Crippen LogP contribution in [0.15, 0.2) is 18.2 Å². The van der Waals surface area contributed by atoms with Gasteiger partial charge in [-0.15, -0.1) is 12.3 Å². The van der Waals surface area contributed by atoms with Gasteiger partial charge in [-0.05, 0) is 50.5 Å². The van der Waals surface area contributed by atoms with Gasteiger partial charge in [0.25, 0.3) is 0 Å². The van der Waals surface area contributed by atoms with Crippen molar-refractivity contribution in [2.24, 2.45) is 5.92 Å². The van der Waals surface area contributed by atoms with Gasteiger partial charge in [0.2, 0.25) is 5.91 Å². The lowest BCUT2D eigenvalue weighted by Crippen LogP contribution is -2.40. The lowest BCUT2D eigenvalue weighted by Gasteiger charge is -2.31. The minimum atomic E-state index is -0.495. The molecule has 1 aromatic carbocycles. The molecule has 1 atom stereocenters. The monoisotopic (exact) mass is 340 g/mol. The fraction of sp³-hybridized carbons (Fsp3) is 0.500. The summed E-state index contributed by atoms with van der Waals surface area (Å²) in [5, 5.41) is 0. The van der Waals surface area contributed by atoms with E-state index < -0.39 is 5.60 Å². The Labute approximate surface area is 148 Å². The van der Waals surface area contributed by atoms with Gasteiger partial charge in [-0.25, -0.2) is 4.79 Å². The number of nitrogens with zero attached hydrogens (tertiary/aromatic N) is 2. The molecule has 1 fully saturated rings. The number of rotatable bonds is 1. The van der Waals surface area contributed by atoms with Gasteiger partial charge < -0.3 is 14.5 Å². The molecule has 0 aromatic heterocycles. The first-order valence-electron chi connectivity index (χ1n) is 8.63. The maximum absolute atomic E-state index is 12.2. The fourth-order valence-electron chi connectivity index (χ4n) is 3.26. The molecule has 0 bridgehead atoms. The van der Waals surface area contributed by atoms with E-state index in [9.17, 15) is 9.59 Å². The SMILES string of the molecule is C#CC1CC(=O)N(c2ccc3c(c2)CCN(C(=O)OC(C)(C)C)C3)C1. The molecule has 2 heterocycles. The molecule has 0 saturated carbocycles. The van der Waals surface area contributed by atoms with Gasteiger partial charge in [0, 0.05) is 37.7 Å². The number of ether oxygens (including phenoxy) is 1. The third-order valence-corrected chi connectivity index (χ3v) is 4.53. The summed E-state index contributed by atoms with van der Waals surface area (Å²) in [4.78, 5) is 27.9. The van der Waals surface area contributed by atoms with Crippen molar-refractivity contribution in [2.75, 3.05) is 18.0 Å². The quantitative estimate of drug-likeness (QED) is 0.739. The number of hydrogen-bond donors (Lipinski definition) is 0. The largest absolute Gasteiger partial charge is 0.444 e. The van der Waals surface area contributed by atoms with Crippen LogP contribution < -0.4 is 4.90 Å². The van der Waals surface area contributed by atoms with Gasteiger partial charge >= 0.3 is 6.09 Å². The molecular weight excluding hydrogens is 316 g/mol. The van der Waals surface area contributed by atoms with Crippen LogP contribution in [0.25, 0.3) is 0 Å². The van der Waals surface area contributed by atoms with Crippen LogP contribution in [-0.4, -0.2) is 35.6 Å². The zero-order chi connectivity index (χ0) is 18.2. The van der Waals surface area contributed by atoms with Crippen molar-refractivity contribution < 1.29 is 14.3 Å². The summed E-state index contributed by atoms with van der Waals surface area (Å²) in [6.07, 6.45) is 6.34. The van der Waals surface area contributed by atoms with Crippen LogP contribution in [0.5, 0.6) is 0 Å². The summed E-state index contributed by atoms with van der Waals surface area (Å²) in [7, 11) is 0. The average Bonchev–Trinajstić information content (AvgIpc) is 2.93. The van der Waals surface area contributed by atoms with E-state index >= 15 is 0 Å². The van der Waals surface area contributed by atoms with Crippen LogP contribution in [-0.2, 0) is 22.5 Å². The number of carbonyl (C=O) groups excluding carboxylic acids is 2. The van der Waals surface area contributed by atoms with Crippen molar-refractivity contribution >= 4 is 17.7 Å². The predicted molar refractivity (Wildman–Crippen MR) is 96.1 cm³/mol. The van der Waals surface area contributed by atoms with E-state index in [2.05, 4.69) is 12.0 Å². The van der Waals surface area contributed by atoms with Crippen molar-refractivity contribution in [3.63, 3.8) is 0 Å². The number of carbonyl (C=O) groups is 2. The molecular formula is C20H24N2O3. The summed E-state index contributed by atoms with van der Waals surface area (Å²) in [5.74, 6) is 2.74. The van der Waals surface area contributed by atoms with Crippen molar-refractivity contribution in [3.05, 3.63) is 29.3 Å². The first-order chi connectivity index (χ1) is 11.8. The normalized spacial score (nSPS) is 20.2. The lowest BCUT2D eigenvalue weighted by atomic mass is 9.99. The van der Waals surface area contributed by atoms with E-state index in [0.717, 1.165) is 17.7 Å². The van der Waals surface area contributed by atoms with Gasteiger partial charge in [-0.3, -0.25) is 4.79 Å². The molecule has 2 aliphatic heterocycles. The van der Waals surface area contributed by atoms with Crippen LogP contribution in [0.3, 0.4) is 0 Å². The Hall–Kier alpha value is -2.48. The summed E-state index contributed by atoms with van der Waals surface area (Å²) in [6.45, 7) is 7.33. The highest BCUT2D eigenvalue weighted by Gasteiger charge is 2.31. The maximum Gasteiger partial charge on any atom is 0.410 e. The van der Waals surface area contributed by atoms with Crippen LogP contribution >= 0.6 is 0 Å². The number of hydrogen-bond acceptors (Lipinski definition) is 3. The molecule has 0 radical (unpaired) electrons. The number of benzene rings is 1. The molecule has 0 spiro atoms. The molecule has 2 aliphatic rings. The van der Waals surface area contributed by atoms with Crippen molar-refractivity contribution in [2.45, 2.75) is 45.8 Å². The van der Waals surface area contributed by atoms with E-state index in [1.807, 2.05) is 32.9 Å². The smallest absolute Gasteiger partial charge is 0.410 e. The van der Waals surface area contributed by atoms with Gasteiger partial charge in [0.05, 0.1) is 0 Å². The van der Waals surface area contributed by atoms with E-state index in [4.69, 9.17) is 11.2 Å². The molecule has 1 unspecified atom stereocenters. The molecule has 0 aliphatic carbocycles. The minimum absolute atomic E-state index is 0.00816. The lowest BCUT2D eigenvalue weighted by molar-refractivity contribution is -0.117. The van der Waals surface area contributed by atoms with Crippen LogP contribution in [0.4, 0.5) is 10.5 Å². The molecule has 2 amide bonds. The van der Waals surface area contributed by atoms with Gasteiger partial charge in [-0.2, -0.15) is 0 Å². The molecule has 0 N–H and O–H groups in total. The average molecular weight is 340 g/mol. The highest BCUT2D eigenvalue weighted by molar-refractivity contribution is 5.96. The van der Waals surface area contributed by atoms with Gasteiger partial charge in [0.15, 0.2) is 0 Å². The van der Waals surface area contributed by atoms with Crippen molar-refractivity contribution in [3.8, 4) is 12.3 Å². The Morgan fingerprint density at radius 1 is 1.32 bits per heavy atom. The van der Waals surface area contributed by atoms with E-state index in [-0.39, 0.29) is 17.9 Å². The third-order valence-electron chi connectivity index (χ3n) is 4.53. The van der Waals surface area contributed by atoms with E-state index in [0.29, 0.717) is 26.1 Å². The zero-order valence-electron chi connectivity index (χ0n) is 15.0. The summed E-state index contributed by atoms with van der Waals surface area (Å²) in [5.41, 5.74) is 2.67. The molecule has 5 nitrogen and oxygen atoms in total. The second-order valence-corrected chi connectivity index (χ2v) is 7.68. The maximum atomic E-state index is 12.2. The van der Waals surface area contributed by atoms with E-state index in [1.54, 1.807) is 9.80 Å². The Bertz CT molecular complexity index is 742. The summed E-state index contributed by atoms with van der Waals surface area (Å²) < 4.78 is 5.45. The standard InChI is InChI=1S/C20H24N2O3/c1-5-14-10-18(23)22(12-14)17-7-6-16-13-21(9-8-15(16)11-17)19(24)25-20(2,3)4/h1,6-7,11,14H,8-10,12-13H2,2-4H3. The molecule has 5 heteroatoms. The Morgan fingerprint density at radius 2 is 2.08 bits per heavy atom. The van der Waals surface area contributed by atoms with Crippen LogP contribution in [0.2, 0.25) is 0 Å². The number of amides is 2. The Morgan fingerprint density at radius 3 is 2.72 bits per heavy atom. The summed E-state index contributed by atoms with van der Waals surface area (Å²) >= 11 is 0. The van der Waals surface area contributed by atoms with Crippen LogP contribution in [0, 0.1) is 18.3 Å². The van der Waals surface area contributed by atoms with Gasteiger partial charge in [0.1, 0.15) is 5.60 Å². The van der Waals surface area contributed by atoms with Gasteiger partial charge in [-0.1, -0.05) is 6.07 Å². The second kappa shape index (κ2) is 6.44. The van der Waals surface area contributed by atoms with E-state index in [1.165, 1.54) is 5.56 Å². The molecule has 25 heavy (non-hydrogen) atoms. The number of anilines is 1. The van der Waals surface area contributed by atoms with Crippen molar-refractivity contribution in [1.82, 2.24) is 4.90 Å². The first-order valence-corrected chi connectivity index (χ1v) is 8.63. The zero-order valence-corrected chi connectivity index (χ0v) is 15.0. The Kier molecular flexibility index (Phi) is 4.47. The second-order valence-electron chi connectivity index (χ2n) is 7.68. The number of terminal acetylenes is 1. The first kappa shape index (κ1) is 17.3. The fourth-order valence-corrected chi connectivity index (χ4v) is 3.26. The molecule has 132 valence electrons. The molecule has 1 aromatic rings. The predicted octanol–water partition coefficient (Wildman–Crippen LogP) is 2.97. The summed E-state index contributed by atoms with van der Waals surface area (Å²) in [6, 6.07) is 5.99. The molecule has 1 saturated heterocycles. The topological polar surface area (TPSA) is 49.9 Å². The third kappa shape index (κ3) is 3.79. The van der Waals surface area contributed by atoms with Crippen LogP contribution in [0.1, 0.15) is 38.3 Å². The van der Waals surface area contributed by atoms with Crippen molar-refractivity contribution in [1.29, 1.82) is 0 Å². The minimum Gasteiger partial charge on any atom is -0.444 e. The highest BCUT2D eigenvalue weighted by atomic mass is 16.6. The Balaban J connectivity index is 1.73. The number of fused-ring (bicyclic) bond motifs is 1. The molecule has 3 rings (SSSR count).